The van der Waals surface area contributed by atoms with Crippen molar-refractivity contribution in [2.45, 2.75) is 19.3 Å². The average molecular weight is 291 g/mol. The Morgan fingerprint density at radius 1 is 1.05 bits per heavy atom. The highest BCUT2D eigenvalue weighted by Gasteiger charge is 2.33. The number of rotatable bonds is 3. The fourth-order valence-electron chi connectivity index (χ4n) is 2.68. The minimum Gasteiger partial charge on any atom is -0.508 e. The van der Waals surface area contributed by atoms with Gasteiger partial charge in [0.15, 0.2) is 5.78 Å². The van der Waals surface area contributed by atoms with Crippen LogP contribution < -0.4 is 0 Å². The lowest BCUT2D eigenvalue weighted by Crippen LogP contribution is -2.29. The van der Waals surface area contributed by atoms with Gasteiger partial charge in [-0.05, 0) is 32.0 Å². The Labute approximate surface area is 129 Å². The Hall–Kier alpha value is -2.68. The highest BCUT2D eigenvalue weighted by Crippen LogP contribution is 2.33. The number of carbonyl (C=O) groups is 1. The van der Waals surface area contributed by atoms with Gasteiger partial charge in [-0.25, -0.2) is 0 Å². The van der Waals surface area contributed by atoms with Crippen LogP contribution in [0.4, 0.5) is 0 Å². The normalized spacial score (nSPS) is 11.5. The molecule has 3 rings (SSSR count). The number of carbonyl (C=O) groups excluding carboxylic acids is 1. The molecule has 1 heterocycles. The summed E-state index contributed by atoms with van der Waals surface area (Å²) in [6.07, 6.45) is 1.60. The molecule has 3 aromatic rings. The van der Waals surface area contributed by atoms with Gasteiger partial charge in [-0.3, -0.25) is 9.78 Å². The van der Waals surface area contributed by atoms with Crippen LogP contribution in [-0.2, 0) is 5.41 Å². The number of hydrogen-bond donors (Lipinski definition) is 1. The first kappa shape index (κ1) is 14.3. The van der Waals surface area contributed by atoms with E-state index in [9.17, 15) is 9.90 Å². The predicted molar refractivity (Wildman–Crippen MR) is 87.2 cm³/mol. The third-order valence-electron chi connectivity index (χ3n) is 4.00. The van der Waals surface area contributed by atoms with Gasteiger partial charge in [-0.15, -0.1) is 0 Å². The van der Waals surface area contributed by atoms with Crippen molar-refractivity contribution < 1.29 is 9.90 Å². The molecule has 0 aliphatic heterocycles. The molecule has 3 nitrogen and oxygen atoms in total. The van der Waals surface area contributed by atoms with Crippen molar-refractivity contribution in [2.24, 2.45) is 0 Å². The van der Waals surface area contributed by atoms with Crippen molar-refractivity contribution in [1.82, 2.24) is 4.98 Å². The number of benzene rings is 2. The first-order valence-corrected chi connectivity index (χ1v) is 7.18. The van der Waals surface area contributed by atoms with Crippen molar-refractivity contribution >= 4 is 16.7 Å². The van der Waals surface area contributed by atoms with Crippen LogP contribution in [-0.4, -0.2) is 15.9 Å². The second-order valence-electron chi connectivity index (χ2n) is 5.89. The molecule has 0 spiro atoms. The number of aromatic hydroxyl groups is 1. The maximum absolute atomic E-state index is 12.9. The van der Waals surface area contributed by atoms with E-state index in [0.717, 1.165) is 10.9 Å². The molecule has 2 aromatic carbocycles. The molecule has 1 aromatic heterocycles. The molecule has 22 heavy (non-hydrogen) atoms. The Bertz CT molecular complexity index is 853. The van der Waals surface area contributed by atoms with Crippen LogP contribution in [0.25, 0.3) is 10.9 Å². The number of phenolic OH excluding ortho intramolecular Hbond substituents is 1. The van der Waals surface area contributed by atoms with Crippen molar-refractivity contribution in [3.8, 4) is 5.75 Å². The van der Waals surface area contributed by atoms with E-state index in [1.54, 1.807) is 24.4 Å². The predicted octanol–water partition coefficient (Wildman–Crippen LogP) is 4.10. The molecule has 0 radical (unpaired) electrons. The standard InChI is InChI=1S/C19H17NO2/c1-19(2,15-8-4-6-10-17(15)21)18(22)14-11-13-7-3-5-9-16(13)20-12-14/h3-12,21H,1-2H3. The summed E-state index contributed by atoms with van der Waals surface area (Å²) in [7, 11) is 0. The van der Waals surface area contributed by atoms with Crippen molar-refractivity contribution in [3.63, 3.8) is 0 Å². The number of para-hydroxylation sites is 2. The largest absolute Gasteiger partial charge is 0.508 e. The number of nitrogens with zero attached hydrogens (tertiary/aromatic N) is 1. The van der Waals surface area contributed by atoms with E-state index < -0.39 is 5.41 Å². The van der Waals surface area contributed by atoms with Gasteiger partial charge in [0, 0.05) is 22.7 Å². The van der Waals surface area contributed by atoms with Crippen LogP contribution in [0.15, 0.2) is 60.8 Å². The SMILES string of the molecule is CC(C)(C(=O)c1cnc2ccccc2c1)c1ccccc1O. The molecule has 0 amide bonds. The molecule has 0 fully saturated rings. The highest BCUT2D eigenvalue weighted by molar-refractivity contribution is 6.05. The maximum atomic E-state index is 12.9. The van der Waals surface area contributed by atoms with E-state index in [-0.39, 0.29) is 11.5 Å². The molecule has 110 valence electrons. The maximum Gasteiger partial charge on any atom is 0.174 e. The fourth-order valence-corrected chi connectivity index (χ4v) is 2.68. The second-order valence-corrected chi connectivity index (χ2v) is 5.89. The lowest BCUT2D eigenvalue weighted by molar-refractivity contribution is 0.0906. The van der Waals surface area contributed by atoms with Crippen LogP contribution >= 0.6 is 0 Å². The lowest BCUT2D eigenvalue weighted by atomic mass is 9.77. The Morgan fingerprint density at radius 2 is 1.73 bits per heavy atom. The molecule has 0 bridgehead atoms. The summed E-state index contributed by atoms with van der Waals surface area (Å²) in [4.78, 5) is 17.3. The summed E-state index contributed by atoms with van der Waals surface area (Å²) >= 11 is 0. The monoisotopic (exact) mass is 291 g/mol. The Kier molecular flexibility index (Phi) is 3.41. The molecule has 0 saturated carbocycles. The Morgan fingerprint density at radius 3 is 2.50 bits per heavy atom. The van der Waals surface area contributed by atoms with Crippen LogP contribution in [0, 0.1) is 0 Å². The van der Waals surface area contributed by atoms with E-state index in [1.807, 2.05) is 50.2 Å². The van der Waals surface area contributed by atoms with Crippen LogP contribution in [0.5, 0.6) is 5.75 Å². The number of phenols is 1. The molecule has 0 aliphatic rings. The van der Waals surface area contributed by atoms with E-state index in [1.165, 1.54) is 0 Å². The van der Waals surface area contributed by atoms with Gasteiger partial charge in [0.05, 0.1) is 10.9 Å². The van der Waals surface area contributed by atoms with Gasteiger partial charge in [0.25, 0.3) is 0 Å². The zero-order valence-corrected chi connectivity index (χ0v) is 12.6. The topological polar surface area (TPSA) is 50.2 Å². The fraction of sp³-hybridized carbons (Fsp3) is 0.158. The summed E-state index contributed by atoms with van der Waals surface area (Å²) in [6.45, 7) is 3.64. The van der Waals surface area contributed by atoms with Gasteiger partial charge in [0.1, 0.15) is 5.75 Å². The molecule has 3 heteroatoms. The third-order valence-corrected chi connectivity index (χ3v) is 4.00. The summed E-state index contributed by atoms with van der Waals surface area (Å²) in [5.41, 5.74) is 1.20. The molecule has 1 N–H and O–H groups in total. The lowest BCUT2D eigenvalue weighted by Gasteiger charge is -2.24. The van der Waals surface area contributed by atoms with Gasteiger partial charge in [0.2, 0.25) is 0 Å². The minimum atomic E-state index is -0.824. The van der Waals surface area contributed by atoms with Gasteiger partial charge < -0.3 is 5.11 Å². The number of ketones is 1. The summed E-state index contributed by atoms with van der Waals surface area (Å²) in [5.74, 6) is 0.0712. The second kappa shape index (κ2) is 5.26. The first-order chi connectivity index (χ1) is 10.5. The number of aromatic nitrogens is 1. The third kappa shape index (κ3) is 2.35. The van der Waals surface area contributed by atoms with Crippen LogP contribution in [0.3, 0.4) is 0 Å². The van der Waals surface area contributed by atoms with E-state index >= 15 is 0 Å². The quantitative estimate of drug-likeness (QED) is 0.739. The van der Waals surface area contributed by atoms with Gasteiger partial charge in [-0.1, -0.05) is 36.4 Å². The number of Topliss-reactive ketones (excluding diaryl/α,β-unsaturated/α-hetero) is 1. The number of hydrogen-bond acceptors (Lipinski definition) is 3. The summed E-state index contributed by atoms with van der Waals surface area (Å²) in [5, 5.41) is 11.0. The number of fused-ring (bicyclic) bond motifs is 1. The van der Waals surface area contributed by atoms with E-state index in [2.05, 4.69) is 4.98 Å². The molecule has 0 unspecified atom stereocenters. The van der Waals surface area contributed by atoms with E-state index in [0.29, 0.717) is 11.1 Å². The number of pyridine rings is 1. The van der Waals surface area contributed by atoms with E-state index in [4.69, 9.17) is 0 Å². The van der Waals surface area contributed by atoms with Gasteiger partial charge in [-0.2, -0.15) is 0 Å². The zero-order chi connectivity index (χ0) is 15.7. The van der Waals surface area contributed by atoms with Crippen LogP contribution in [0.2, 0.25) is 0 Å². The molecule has 0 saturated heterocycles. The van der Waals surface area contributed by atoms with Gasteiger partial charge >= 0.3 is 0 Å². The molecular weight excluding hydrogens is 274 g/mol. The zero-order valence-electron chi connectivity index (χ0n) is 12.6. The summed E-state index contributed by atoms with van der Waals surface area (Å²) in [6, 6.07) is 16.5. The smallest absolute Gasteiger partial charge is 0.174 e. The van der Waals surface area contributed by atoms with Crippen LogP contribution in [0.1, 0.15) is 29.8 Å². The van der Waals surface area contributed by atoms with Crippen molar-refractivity contribution in [1.29, 1.82) is 0 Å². The molecular formula is C19H17NO2. The van der Waals surface area contributed by atoms with Crippen molar-refractivity contribution in [2.75, 3.05) is 0 Å². The minimum absolute atomic E-state index is 0.0627. The summed E-state index contributed by atoms with van der Waals surface area (Å²) < 4.78 is 0. The first-order valence-electron chi connectivity index (χ1n) is 7.18. The molecule has 0 aliphatic carbocycles. The molecule has 0 atom stereocenters. The van der Waals surface area contributed by atoms with Crippen molar-refractivity contribution in [3.05, 3.63) is 71.9 Å². The highest BCUT2D eigenvalue weighted by atomic mass is 16.3. The Balaban J connectivity index is 2.06. The average Bonchev–Trinajstić information content (AvgIpc) is 2.54.